The molecule has 14 heavy (non-hydrogen) atoms. The second-order valence-electron chi connectivity index (χ2n) is 3.65. The van der Waals surface area contributed by atoms with Gasteiger partial charge in [-0.2, -0.15) is 0 Å². The van der Waals surface area contributed by atoms with Crippen LogP contribution in [0.25, 0.3) is 0 Å². The summed E-state index contributed by atoms with van der Waals surface area (Å²) in [5.74, 6) is 0. The number of epoxide rings is 1. The fraction of sp³-hybridized carbons (Fsp3) is 1.00. The van der Waals surface area contributed by atoms with Gasteiger partial charge in [0.25, 0.3) is 0 Å². The van der Waals surface area contributed by atoms with Crippen LogP contribution in [-0.2, 0) is 14.2 Å². The zero-order valence-corrected chi connectivity index (χ0v) is 9.16. The van der Waals surface area contributed by atoms with Crippen LogP contribution in [0.1, 0.15) is 27.2 Å². The quantitative estimate of drug-likeness (QED) is 0.495. The molecule has 4 heteroatoms. The first-order chi connectivity index (χ1) is 6.66. The van der Waals surface area contributed by atoms with E-state index in [0.717, 1.165) is 0 Å². The molecular formula is C10H20O4. The van der Waals surface area contributed by atoms with Crippen molar-refractivity contribution in [2.24, 2.45) is 0 Å². The van der Waals surface area contributed by atoms with Crippen LogP contribution < -0.4 is 0 Å². The molecule has 1 rings (SSSR count). The van der Waals surface area contributed by atoms with E-state index in [-0.39, 0.29) is 24.6 Å². The lowest BCUT2D eigenvalue weighted by Crippen LogP contribution is -2.26. The van der Waals surface area contributed by atoms with Crippen LogP contribution in [-0.4, -0.2) is 42.9 Å². The molecule has 4 nitrogen and oxygen atoms in total. The van der Waals surface area contributed by atoms with E-state index in [9.17, 15) is 0 Å². The maximum atomic E-state index is 8.91. The molecule has 0 amide bonds. The zero-order valence-electron chi connectivity index (χ0n) is 9.16. The Kier molecular flexibility index (Phi) is 4.31. The van der Waals surface area contributed by atoms with E-state index in [0.29, 0.717) is 19.6 Å². The smallest absolute Gasteiger partial charge is 0.160 e. The molecule has 1 N–H and O–H groups in total. The summed E-state index contributed by atoms with van der Waals surface area (Å²) in [6.07, 6.45) is 0.414. The number of aliphatic hydroxyl groups is 1. The Bertz CT molecular complexity index is 168. The molecule has 2 atom stereocenters. The summed E-state index contributed by atoms with van der Waals surface area (Å²) in [5, 5.41) is 8.91. The maximum absolute atomic E-state index is 8.91. The van der Waals surface area contributed by atoms with Crippen molar-refractivity contribution in [2.45, 2.75) is 45.2 Å². The lowest BCUT2D eigenvalue weighted by molar-refractivity contribution is -0.146. The van der Waals surface area contributed by atoms with Crippen LogP contribution in [0.4, 0.5) is 0 Å². The van der Waals surface area contributed by atoms with Crippen molar-refractivity contribution in [1.29, 1.82) is 0 Å². The van der Waals surface area contributed by atoms with Crippen LogP contribution in [0, 0.1) is 0 Å². The molecule has 1 saturated heterocycles. The first kappa shape index (κ1) is 11.9. The largest absolute Gasteiger partial charge is 0.394 e. The van der Waals surface area contributed by atoms with Crippen molar-refractivity contribution in [3.05, 3.63) is 0 Å². The number of hydrogen-bond donors (Lipinski definition) is 1. The minimum atomic E-state index is -0.260. The number of rotatable bonds is 7. The van der Waals surface area contributed by atoms with Gasteiger partial charge >= 0.3 is 0 Å². The second-order valence-corrected chi connectivity index (χ2v) is 3.65. The summed E-state index contributed by atoms with van der Waals surface area (Å²) in [6.45, 7) is 7.17. The van der Waals surface area contributed by atoms with E-state index in [4.69, 9.17) is 19.3 Å². The molecule has 1 aliphatic heterocycles. The van der Waals surface area contributed by atoms with E-state index in [1.807, 2.05) is 20.8 Å². The maximum Gasteiger partial charge on any atom is 0.160 e. The first-order valence-electron chi connectivity index (χ1n) is 5.18. The molecule has 0 bridgehead atoms. The van der Waals surface area contributed by atoms with Crippen LogP contribution in [0.15, 0.2) is 0 Å². The molecule has 0 radical (unpaired) electrons. The third-order valence-electron chi connectivity index (χ3n) is 2.48. The number of ether oxygens (including phenoxy) is 3. The van der Waals surface area contributed by atoms with Gasteiger partial charge in [0.05, 0.1) is 12.2 Å². The predicted molar refractivity (Wildman–Crippen MR) is 52.0 cm³/mol. The van der Waals surface area contributed by atoms with Gasteiger partial charge in [-0.1, -0.05) is 0 Å². The zero-order chi connectivity index (χ0) is 10.6. The van der Waals surface area contributed by atoms with Gasteiger partial charge in [0.2, 0.25) is 0 Å². The third-order valence-corrected chi connectivity index (χ3v) is 2.48. The van der Waals surface area contributed by atoms with Gasteiger partial charge in [-0.05, 0) is 20.8 Å². The molecule has 1 heterocycles. The van der Waals surface area contributed by atoms with Gasteiger partial charge in [-0.25, -0.2) is 0 Å². The normalized spacial score (nSPS) is 31.1. The van der Waals surface area contributed by atoms with Crippen molar-refractivity contribution in [2.75, 3.05) is 19.8 Å². The van der Waals surface area contributed by atoms with Crippen LogP contribution >= 0.6 is 0 Å². The van der Waals surface area contributed by atoms with Gasteiger partial charge in [-0.15, -0.1) is 0 Å². The topological polar surface area (TPSA) is 51.2 Å². The first-order valence-corrected chi connectivity index (χ1v) is 5.18. The predicted octanol–water partition coefficient (Wildman–Crippen LogP) is 0.925. The summed E-state index contributed by atoms with van der Waals surface area (Å²) in [6, 6.07) is 0. The molecule has 1 aliphatic rings. The van der Waals surface area contributed by atoms with Gasteiger partial charge in [0.15, 0.2) is 6.29 Å². The Balaban J connectivity index is 2.32. The van der Waals surface area contributed by atoms with Gasteiger partial charge in [0.1, 0.15) is 6.10 Å². The SMILES string of the molecule is CCOC(C[C@]1(C)O[C@H]1CO)OCC. The number of aliphatic hydroxyl groups excluding tert-OH is 1. The summed E-state index contributed by atoms with van der Waals surface area (Å²) >= 11 is 0. The highest BCUT2D eigenvalue weighted by molar-refractivity contribution is 4.99. The molecule has 84 valence electrons. The monoisotopic (exact) mass is 204 g/mol. The van der Waals surface area contributed by atoms with Crippen LogP contribution in [0.3, 0.4) is 0 Å². The van der Waals surface area contributed by atoms with Gasteiger partial charge < -0.3 is 19.3 Å². The van der Waals surface area contributed by atoms with Crippen LogP contribution in [0.5, 0.6) is 0 Å². The Labute approximate surface area is 85.2 Å². The average molecular weight is 204 g/mol. The molecule has 0 spiro atoms. The van der Waals surface area contributed by atoms with E-state index in [1.54, 1.807) is 0 Å². The molecule has 0 aromatic carbocycles. The van der Waals surface area contributed by atoms with E-state index in [1.165, 1.54) is 0 Å². The Morgan fingerprint density at radius 3 is 2.29 bits per heavy atom. The standard InChI is InChI=1S/C10H20O4/c1-4-12-9(13-5-2)6-10(3)8(7-11)14-10/h8-9,11H,4-7H2,1-3H3/t8-,10-/m0/s1. The Hall–Kier alpha value is -0.160. The van der Waals surface area contributed by atoms with Crippen molar-refractivity contribution < 1.29 is 19.3 Å². The van der Waals surface area contributed by atoms with Crippen molar-refractivity contribution >= 4 is 0 Å². The Morgan fingerprint density at radius 1 is 1.36 bits per heavy atom. The molecule has 0 unspecified atom stereocenters. The Morgan fingerprint density at radius 2 is 1.93 bits per heavy atom. The van der Waals surface area contributed by atoms with Gasteiger partial charge in [-0.3, -0.25) is 0 Å². The van der Waals surface area contributed by atoms with Crippen LogP contribution in [0.2, 0.25) is 0 Å². The second kappa shape index (κ2) is 5.07. The minimum absolute atomic E-state index is 0.0501. The lowest BCUT2D eigenvalue weighted by Gasteiger charge is -2.18. The third kappa shape index (κ3) is 2.92. The number of hydrogen-bond acceptors (Lipinski definition) is 4. The van der Waals surface area contributed by atoms with E-state index in [2.05, 4.69) is 0 Å². The average Bonchev–Trinajstić information content (AvgIpc) is 2.77. The summed E-state index contributed by atoms with van der Waals surface area (Å²) < 4.78 is 16.2. The minimum Gasteiger partial charge on any atom is -0.394 e. The highest BCUT2D eigenvalue weighted by Crippen LogP contribution is 2.40. The van der Waals surface area contributed by atoms with E-state index >= 15 is 0 Å². The van der Waals surface area contributed by atoms with E-state index < -0.39 is 0 Å². The van der Waals surface area contributed by atoms with Gasteiger partial charge in [0, 0.05) is 19.6 Å². The van der Waals surface area contributed by atoms with Crippen molar-refractivity contribution in [1.82, 2.24) is 0 Å². The highest BCUT2D eigenvalue weighted by Gasteiger charge is 2.53. The highest BCUT2D eigenvalue weighted by atomic mass is 16.7. The van der Waals surface area contributed by atoms with Crippen molar-refractivity contribution in [3.8, 4) is 0 Å². The lowest BCUT2D eigenvalue weighted by atomic mass is 10.0. The molecular weight excluding hydrogens is 184 g/mol. The fourth-order valence-corrected chi connectivity index (χ4v) is 1.57. The van der Waals surface area contributed by atoms with Crippen molar-refractivity contribution in [3.63, 3.8) is 0 Å². The summed E-state index contributed by atoms with van der Waals surface area (Å²) in [4.78, 5) is 0. The molecule has 0 aliphatic carbocycles. The molecule has 1 fully saturated rings. The summed E-state index contributed by atoms with van der Waals surface area (Å²) in [5.41, 5.74) is -0.260. The molecule has 0 saturated carbocycles. The summed E-state index contributed by atoms with van der Waals surface area (Å²) in [7, 11) is 0. The fourth-order valence-electron chi connectivity index (χ4n) is 1.57. The molecule has 0 aromatic rings. The molecule has 0 aromatic heterocycles.